The molecule has 1 rings (SSSR count). The Hall–Kier alpha value is -1.75. The zero-order chi connectivity index (χ0) is 12.7. The lowest BCUT2D eigenvalue weighted by Crippen LogP contribution is -2.14. The summed E-state index contributed by atoms with van der Waals surface area (Å²) in [5.41, 5.74) is 11.6. The predicted molar refractivity (Wildman–Crippen MR) is 65.1 cm³/mol. The largest absolute Gasteiger partial charge is 0.493 e. The molecule has 0 aliphatic rings. The Bertz CT molecular complexity index is 380. The van der Waals surface area contributed by atoms with Gasteiger partial charge in [0.1, 0.15) is 0 Å². The summed E-state index contributed by atoms with van der Waals surface area (Å²) >= 11 is 0. The molecule has 1 aromatic carbocycles. The summed E-state index contributed by atoms with van der Waals surface area (Å²) in [7, 11) is 1.57. The van der Waals surface area contributed by atoms with E-state index in [-0.39, 0.29) is 18.9 Å². The Morgan fingerprint density at radius 1 is 1.35 bits per heavy atom. The van der Waals surface area contributed by atoms with Gasteiger partial charge in [-0.25, -0.2) is 0 Å². The van der Waals surface area contributed by atoms with Gasteiger partial charge in [0.25, 0.3) is 0 Å². The number of rotatable bonds is 7. The highest BCUT2D eigenvalue weighted by Gasteiger charge is 2.06. The molecule has 5 nitrogen and oxygen atoms in total. The predicted octanol–water partition coefficient (Wildman–Crippen LogP) is 0.451. The van der Waals surface area contributed by atoms with Crippen molar-refractivity contribution < 1.29 is 14.3 Å². The van der Waals surface area contributed by atoms with Gasteiger partial charge >= 0.3 is 0 Å². The highest BCUT2D eigenvalue weighted by atomic mass is 16.5. The third-order valence-corrected chi connectivity index (χ3v) is 2.27. The van der Waals surface area contributed by atoms with Crippen LogP contribution < -0.4 is 20.9 Å². The molecule has 17 heavy (non-hydrogen) atoms. The molecule has 0 aliphatic carbocycles. The van der Waals surface area contributed by atoms with Crippen molar-refractivity contribution in [1.29, 1.82) is 0 Å². The van der Waals surface area contributed by atoms with E-state index >= 15 is 0 Å². The van der Waals surface area contributed by atoms with Crippen molar-refractivity contribution in [1.82, 2.24) is 0 Å². The van der Waals surface area contributed by atoms with Gasteiger partial charge < -0.3 is 20.9 Å². The van der Waals surface area contributed by atoms with Crippen LogP contribution >= 0.6 is 0 Å². The van der Waals surface area contributed by atoms with Crippen molar-refractivity contribution in [3.05, 3.63) is 23.8 Å². The van der Waals surface area contributed by atoms with Crippen molar-refractivity contribution in [2.45, 2.75) is 12.8 Å². The molecule has 0 radical (unpaired) electrons. The number of hydrogen-bond donors (Lipinski definition) is 2. The second-order valence-corrected chi connectivity index (χ2v) is 3.59. The minimum absolute atomic E-state index is 0.188. The van der Waals surface area contributed by atoms with E-state index in [2.05, 4.69) is 0 Å². The van der Waals surface area contributed by atoms with Crippen LogP contribution in [0.3, 0.4) is 0 Å². The number of primary amides is 1. The van der Waals surface area contributed by atoms with Gasteiger partial charge in [-0.05, 0) is 30.7 Å². The van der Waals surface area contributed by atoms with E-state index in [1.165, 1.54) is 0 Å². The lowest BCUT2D eigenvalue weighted by Gasteiger charge is -2.11. The molecule has 1 aromatic rings. The summed E-state index contributed by atoms with van der Waals surface area (Å²) in [5, 5.41) is 0. The average molecular weight is 238 g/mol. The number of ether oxygens (including phenoxy) is 2. The number of carbonyl (C=O) groups is 1. The number of hydrogen-bond acceptors (Lipinski definition) is 4. The smallest absolute Gasteiger partial charge is 0.220 e. The minimum Gasteiger partial charge on any atom is -0.493 e. The fraction of sp³-hybridized carbons (Fsp3) is 0.417. The van der Waals surface area contributed by atoms with E-state index in [0.29, 0.717) is 18.0 Å². The fourth-order valence-electron chi connectivity index (χ4n) is 1.41. The first kappa shape index (κ1) is 13.3. The number of nitrogens with two attached hydrogens (primary N) is 2. The summed E-state index contributed by atoms with van der Waals surface area (Å²) < 4.78 is 10.6. The van der Waals surface area contributed by atoms with Crippen LogP contribution in [0.4, 0.5) is 0 Å². The maximum Gasteiger partial charge on any atom is 0.220 e. The van der Waals surface area contributed by atoms with Gasteiger partial charge in [-0.1, -0.05) is 6.07 Å². The zero-order valence-electron chi connectivity index (χ0n) is 9.94. The van der Waals surface area contributed by atoms with E-state index in [1.807, 2.05) is 18.2 Å². The van der Waals surface area contributed by atoms with Gasteiger partial charge in [-0.2, -0.15) is 0 Å². The van der Waals surface area contributed by atoms with Crippen LogP contribution in [0.15, 0.2) is 18.2 Å². The van der Waals surface area contributed by atoms with Gasteiger partial charge in [-0.3, -0.25) is 4.79 Å². The van der Waals surface area contributed by atoms with Gasteiger partial charge in [0, 0.05) is 0 Å². The van der Waals surface area contributed by atoms with E-state index in [1.54, 1.807) is 7.11 Å². The van der Waals surface area contributed by atoms with Crippen molar-refractivity contribution in [3.8, 4) is 11.5 Å². The third-order valence-electron chi connectivity index (χ3n) is 2.27. The molecule has 0 saturated carbocycles. The Morgan fingerprint density at radius 3 is 2.71 bits per heavy atom. The van der Waals surface area contributed by atoms with Crippen LogP contribution in [0.5, 0.6) is 11.5 Å². The zero-order valence-corrected chi connectivity index (χ0v) is 9.94. The molecule has 0 aliphatic heterocycles. The highest BCUT2D eigenvalue weighted by molar-refractivity contribution is 5.73. The van der Waals surface area contributed by atoms with Gasteiger partial charge in [0.05, 0.1) is 20.1 Å². The lowest BCUT2D eigenvalue weighted by molar-refractivity contribution is -0.118. The Morgan fingerprint density at radius 2 is 2.12 bits per heavy atom. The summed E-state index contributed by atoms with van der Waals surface area (Å²) in [4.78, 5) is 10.6. The fourth-order valence-corrected chi connectivity index (χ4v) is 1.41. The van der Waals surface area contributed by atoms with Crippen molar-refractivity contribution in [3.63, 3.8) is 0 Å². The van der Waals surface area contributed by atoms with Crippen LogP contribution in [0.1, 0.15) is 12.0 Å². The normalized spacial score (nSPS) is 10.0. The molecule has 0 fully saturated rings. The van der Waals surface area contributed by atoms with Crippen LogP contribution in [0.25, 0.3) is 0 Å². The number of methoxy groups -OCH3 is 1. The van der Waals surface area contributed by atoms with Crippen LogP contribution in [0, 0.1) is 0 Å². The van der Waals surface area contributed by atoms with Crippen LogP contribution in [-0.2, 0) is 11.2 Å². The summed E-state index contributed by atoms with van der Waals surface area (Å²) in [5.74, 6) is 0.860. The maximum atomic E-state index is 10.6. The monoisotopic (exact) mass is 238 g/mol. The Kier molecular flexibility index (Phi) is 5.29. The molecular weight excluding hydrogens is 220 g/mol. The molecule has 4 N–H and O–H groups in total. The van der Waals surface area contributed by atoms with Crippen LogP contribution in [-0.4, -0.2) is 26.2 Å². The number of benzene rings is 1. The quantitative estimate of drug-likeness (QED) is 0.722. The first-order valence-electron chi connectivity index (χ1n) is 5.45. The van der Waals surface area contributed by atoms with Crippen molar-refractivity contribution in [2.24, 2.45) is 11.5 Å². The molecule has 0 aromatic heterocycles. The highest BCUT2D eigenvalue weighted by Crippen LogP contribution is 2.28. The van der Waals surface area contributed by atoms with Crippen molar-refractivity contribution in [2.75, 3.05) is 20.3 Å². The van der Waals surface area contributed by atoms with Crippen molar-refractivity contribution >= 4 is 5.91 Å². The summed E-state index contributed by atoms with van der Waals surface area (Å²) in [6.07, 6.45) is 0.978. The van der Waals surface area contributed by atoms with Crippen LogP contribution in [0.2, 0.25) is 0 Å². The van der Waals surface area contributed by atoms with Gasteiger partial charge in [0.15, 0.2) is 11.5 Å². The molecule has 0 heterocycles. The third kappa shape index (κ3) is 4.32. The Balaban J connectivity index is 2.67. The number of carbonyl (C=O) groups excluding carboxylic acids is 1. The Labute approximate surface area is 101 Å². The summed E-state index contributed by atoms with van der Waals surface area (Å²) in [6, 6.07) is 5.62. The molecule has 0 unspecified atom stereocenters. The molecule has 0 bridgehead atoms. The van der Waals surface area contributed by atoms with Gasteiger partial charge in [-0.15, -0.1) is 0 Å². The topological polar surface area (TPSA) is 87.6 Å². The lowest BCUT2D eigenvalue weighted by atomic mass is 10.1. The molecule has 0 atom stereocenters. The molecular formula is C12H18N2O3. The first-order valence-corrected chi connectivity index (χ1v) is 5.45. The SMILES string of the molecule is COc1cc(CCN)ccc1OCCC(N)=O. The standard InChI is InChI=1S/C12H18N2O3/c1-16-11-8-9(4-6-13)2-3-10(11)17-7-5-12(14)15/h2-3,8H,4-7,13H2,1H3,(H2,14,15). The second-order valence-electron chi connectivity index (χ2n) is 3.59. The average Bonchev–Trinajstić information content (AvgIpc) is 2.30. The first-order chi connectivity index (χ1) is 8.17. The molecule has 1 amide bonds. The van der Waals surface area contributed by atoms with E-state index in [9.17, 15) is 4.79 Å². The molecule has 0 spiro atoms. The molecule has 5 heteroatoms. The van der Waals surface area contributed by atoms with E-state index < -0.39 is 0 Å². The molecule has 94 valence electrons. The number of amides is 1. The maximum absolute atomic E-state index is 10.6. The summed E-state index contributed by atoms with van der Waals surface area (Å²) in [6.45, 7) is 0.840. The van der Waals surface area contributed by atoms with E-state index in [4.69, 9.17) is 20.9 Å². The molecule has 0 saturated heterocycles. The van der Waals surface area contributed by atoms with Gasteiger partial charge in [0.2, 0.25) is 5.91 Å². The van der Waals surface area contributed by atoms with E-state index in [0.717, 1.165) is 12.0 Å². The second kappa shape index (κ2) is 6.75. The minimum atomic E-state index is -0.385.